The predicted molar refractivity (Wildman–Crippen MR) is 135 cm³/mol. The molecule has 8 heteroatoms. The summed E-state index contributed by atoms with van der Waals surface area (Å²) in [5.41, 5.74) is 2.79. The van der Waals surface area contributed by atoms with Crippen molar-refractivity contribution >= 4 is 11.6 Å². The number of benzene rings is 2. The lowest BCUT2D eigenvalue weighted by molar-refractivity contribution is 0.0997. The molecular weight excluding hydrogens is 461 g/mol. The molecule has 0 atom stereocenters. The zero-order valence-electron chi connectivity index (χ0n) is 20.3. The Morgan fingerprint density at radius 3 is 2.36 bits per heavy atom. The lowest BCUT2D eigenvalue weighted by atomic mass is 9.95. The van der Waals surface area contributed by atoms with Crippen molar-refractivity contribution in [2.45, 2.75) is 38.1 Å². The van der Waals surface area contributed by atoms with Gasteiger partial charge >= 0.3 is 0 Å². The molecule has 2 aromatic heterocycles. The summed E-state index contributed by atoms with van der Waals surface area (Å²) in [4.78, 5) is 17.7. The third-order valence-electron chi connectivity index (χ3n) is 6.55. The third kappa shape index (κ3) is 4.84. The maximum atomic E-state index is 13.6. The van der Waals surface area contributed by atoms with Crippen molar-refractivity contribution in [1.29, 1.82) is 0 Å². The van der Waals surface area contributed by atoms with Crippen LogP contribution in [0.3, 0.4) is 0 Å². The van der Waals surface area contributed by atoms with E-state index in [-0.39, 0.29) is 11.6 Å². The van der Waals surface area contributed by atoms with Crippen molar-refractivity contribution in [3.8, 4) is 34.2 Å². The average molecular weight is 490 g/mol. The molecule has 7 nitrogen and oxygen atoms in total. The summed E-state index contributed by atoms with van der Waals surface area (Å²) in [5.74, 6) is 1.11. The smallest absolute Gasteiger partial charge is 0.291 e. The first-order chi connectivity index (χ1) is 17.6. The molecule has 1 fully saturated rings. The summed E-state index contributed by atoms with van der Waals surface area (Å²) in [6.45, 7) is 0. The molecule has 0 bridgehead atoms. The van der Waals surface area contributed by atoms with E-state index in [1.54, 1.807) is 56.7 Å². The Bertz CT molecular complexity index is 1330. The van der Waals surface area contributed by atoms with Crippen LogP contribution in [0.4, 0.5) is 10.1 Å². The van der Waals surface area contributed by atoms with Gasteiger partial charge in [-0.2, -0.15) is 0 Å². The number of furan rings is 1. The molecule has 4 aromatic rings. The van der Waals surface area contributed by atoms with E-state index in [0.717, 1.165) is 36.9 Å². The highest BCUT2D eigenvalue weighted by molar-refractivity contribution is 6.02. The monoisotopic (exact) mass is 489 g/mol. The van der Waals surface area contributed by atoms with Crippen LogP contribution >= 0.6 is 0 Å². The van der Waals surface area contributed by atoms with E-state index in [2.05, 4.69) is 14.9 Å². The molecule has 1 N–H and O–H groups in total. The highest BCUT2D eigenvalue weighted by Gasteiger charge is 2.25. The number of carbonyl (C=O) groups is 1. The van der Waals surface area contributed by atoms with Gasteiger partial charge < -0.3 is 23.8 Å². The van der Waals surface area contributed by atoms with Crippen LogP contribution in [0.15, 0.2) is 65.3 Å². The quantitative estimate of drug-likeness (QED) is 0.312. The van der Waals surface area contributed by atoms with Crippen LogP contribution in [-0.2, 0) is 0 Å². The first kappa shape index (κ1) is 23.7. The predicted octanol–water partition coefficient (Wildman–Crippen LogP) is 6.72. The molecule has 0 aliphatic heterocycles. The van der Waals surface area contributed by atoms with Gasteiger partial charge in [-0.25, -0.2) is 9.37 Å². The number of carbonyl (C=O) groups excluding carboxylic acids is 1. The molecule has 2 aromatic carbocycles. The van der Waals surface area contributed by atoms with Gasteiger partial charge in [0.15, 0.2) is 11.5 Å². The SMILES string of the molecule is COc1cc(NC(=O)c2ccc(-c3c(-c4ccc(F)cc4)ncn3C3CCCCC3)o2)cc(OC)c1. The topological polar surface area (TPSA) is 78.5 Å². The van der Waals surface area contributed by atoms with E-state index in [4.69, 9.17) is 13.9 Å². The van der Waals surface area contributed by atoms with Crippen LogP contribution in [0.25, 0.3) is 22.7 Å². The Balaban J connectivity index is 1.48. The van der Waals surface area contributed by atoms with Gasteiger partial charge in [0.05, 0.1) is 26.2 Å². The summed E-state index contributed by atoms with van der Waals surface area (Å²) in [5, 5.41) is 2.84. The van der Waals surface area contributed by atoms with Crippen molar-refractivity contribution in [3.63, 3.8) is 0 Å². The van der Waals surface area contributed by atoms with Crippen LogP contribution in [0, 0.1) is 5.82 Å². The van der Waals surface area contributed by atoms with Crippen molar-refractivity contribution in [2.75, 3.05) is 19.5 Å². The number of halogens is 1. The van der Waals surface area contributed by atoms with Crippen molar-refractivity contribution in [2.24, 2.45) is 0 Å². The minimum Gasteiger partial charge on any atom is -0.497 e. The van der Waals surface area contributed by atoms with E-state index >= 15 is 0 Å². The first-order valence-electron chi connectivity index (χ1n) is 12.0. The van der Waals surface area contributed by atoms with Gasteiger partial charge in [-0.15, -0.1) is 0 Å². The number of ether oxygens (including phenoxy) is 2. The van der Waals surface area contributed by atoms with Crippen molar-refractivity contribution < 1.29 is 23.1 Å². The van der Waals surface area contributed by atoms with Gasteiger partial charge in [0, 0.05) is 35.5 Å². The number of rotatable bonds is 7. The average Bonchev–Trinajstić information content (AvgIpc) is 3.57. The zero-order valence-corrected chi connectivity index (χ0v) is 20.3. The van der Waals surface area contributed by atoms with Gasteiger partial charge in [0.25, 0.3) is 5.91 Å². The van der Waals surface area contributed by atoms with Gasteiger partial charge in [-0.05, 0) is 49.2 Å². The number of hydrogen-bond donors (Lipinski definition) is 1. The Morgan fingerprint density at radius 1 is 1.00 bits per heavy atom. The van der Waals surface area contributed by atoms with Crippen LogP contribution in [0.5, 0.6) is 11.5 Å². The number of nitrogens with zero attached hydrogens (tertiary/aromatic N) is 2. The Hall–Kier alpha value is -4.07. The van der Waals surface area contributed by atoms with E-state index in [1.165, 1.54) is 18.6 Å². The minimum atomic E-state index is -0.399. The summed E-state index contributed by atoms with van der Waals surface area (Å²) in [6, 6.07) is 15.1. The molecule has 1 saturated carbocycles. The van der Waals surface area contributed by atoms with Gasteiger partial charge in [-0.3, -0.25) is 4.79 Å². The Kier molecular flexibility index (Phi) is 6.75. The fourth-order valence-electron chi connectivity index (χ4n) is 4.72. The molecule has 2 heterocycles. The molecule has 1 aliphatic carbocycles. The molecule has 186 valence electrons. The van der Waals surface area contributed by atoms with Crippen LogP contribution < -0.4 is 14.8 Å². The third-order valence-corrected chi connectivity index (χ3v) is 6.55. The number of imidazole rings is 1. The molecule has 0 unspecified atom stereocenters. The number of anilines is 1. The summed E-state index contributed by atoms with van der Waals surface area (Å²) in [6.07, 6.45) is 7.48. The molecule has 1 aliphatic rings. The van der Waals surface area contributed by atoms with Crippen molar-refractivity contribution in [1.82, 2.24) is 9.55 Å². The van der Waals surface area contributed by atoms with Gasteiger partial charge in [-0.1, -0.05) is 19.3 Å². The highest BCUT2D eigenvalue weighted by atomic mass is 19.1. The van der Waals surface area contributed by atoms with Gasteiger partial charge in [0.1, 0.15) is 23.0 Å². The Labute approximate surface area is 208 Å². The largest absolute Gasteiger partial charge is 0.497 e. The number of nitrogens with one attached hydrogen (secondary N) is 1. The lowest BCUT2D eigenvalue weighted by Gasteiger charge is -2.24. The summed E-state index contributed by atoms with van der Waals surface area (Å²) >= 11 is 0. The summed E-state index contributed by atoms with van der Waals surface area (Å²) < 4.78 is 32.4. The van der Waals surface area contributed by atoms with E-state index in [9.17, 15) is 9.18 Å². The number of methoxy groups -OCH3 is 2. The highest BCUT2D eigenvalue weighted by Crippen LogP contribution is 2.38. The van der Waals surface area contributed by atoms with Crippen LogP contribution in [0.2, 0.25) is 0 Å². The molecule has 5 rings (SSSR count). The lowest BCUT2D eigenvalue weighted by Crippen LogP contribution is -2.13. The summed E-state index contributed by atoms with van der Waals surface area (Å²) in [7, 11) is 3.10. The minimum absolute atomic E-state index is 0.160. The molecule has 1 amide bonds. The van der Waals surface area contributed by atoms with E-state index in [0.29, 0.717) is 34.7 Å². The second-order valence-corrected chi connectivity index (χ2v) is 8.87. The van der Waals surface area contributed by atoms with Crippen molar-refractivity contribution in [3.05, 3.63) is 72.5 Å². The molecule has 0 radical (unpaired) electrons. The van der Waals surface area contributed by atoms with Gasteiger partial charge in [0.2, 0.25) is 0 Å². The maximum absolute atomic E-state index is 13.6. The molecule has 36 heavy (non-hydrogen) atoms. The maximum Gasteiger partial charge on any atom is 0.291 e. The molecule has 0 spiro atoms. The van der Waals surface area contributed by atoms with E-state index < -0.39 is 5.91 Å². The fourth-order valence-corrected chi connectivity index (χ4v) is 4.72. The first-order valence-corrected chi connectivity index (χ1v) is 12.0. The van der Waals surface area contributed by atoms with E-state index in [1.807, 2.05) is 6.33 Å². The van der Waals surface area contributed by atoms with Crippen LogP contribution in [-0.4, -0.2) is 29.7 Å². The number of hydrogen-bond acceptors (Lipinski definition) is 5. The molecular formula is C28H28FN3O4. The number of aromatic nitrogens is 2. The fraction of sp³-hybridized carbons (Fsp3) is 0.286. The zero-order chi connectivity index (χ0) is 25.1. The second-order valence-electron chi connectivity index (χ2n) is 8.87. The Morgan fingerprint density at radius 2 is 1.69 bits per heavy atom. The number of amides is 1. The van der Waals surface area contributed by atoms with Crippen LogP contribution in [0.1, 0.15) is 48.7 Å². The second kappa shape index (κ2) is 10.3. The molecule has 0 saturated heterocycles. The standard InChI is InChI=1S/C28H28FN3O4/c1-34-22-14-20(15-23(16-22)35-2)31-28(33)25-13-12-24(36-25)27-26(18-8-10-19(29)11-9-18)30-17-32(27)21-6-4-3-5-7-21/h8-17,21H,3-7H2,1-2H3,(H,31,33). The normalized spacial score (nSPS) is 14.0.